The second kappa shape index (κ2) is 7.61. The molecule has 2 aromatic carbocycles. The Bertz CT molecular complexity index is 829. The molecule has 1 aliphatic rings. The molecule has 0 aliphatic carbocycles. The third kappa shape index (κ3) is 3.68. The standard InChI is InChI=1S/C18H17NO3.CH2O2/c1-11(20)16-9-13(5-7-17(16)22-3)12-4-6-15-14(8-12)10-19(2)18(15)21;2-1-3/h4-9H,10H2,1-3H3;1H,(H,2,3). The normalized spacial score (nSPS) is 12.1. The van der Waals surface area contributed by atoms with Crippen LogP contribution in [0.25, 0.3) is 11.1 Å². The molecule has 6 heteroatoms. The highest BCUT2D eigenvalue weighted by Gasteiger charge is 2.24. The Morgan fingerprint density at radius 1 is 1.20 bits per heavy atom. The summed E-state index contributed by atoms with van der Waals surface area (Å²) in [7, 11) is 3.35. The van der Waals surface area contributed by atoms with Crippen LogP contribution in [0.1, 0.15) is 33.2 Å². The minimum absolute atomic E-state index is 0.0326. The van der Waals surface area contributed by atoms with Crippen LogP contribution < -0.4 is 4.74 Å². The molecule has 25 heavy (non-hydrogen) atoms. The summed E-state index contributed by atoms with van der Waals surface area (Å²) in [5, 5.41) is 6.89. The number of nitrogens with zero attached hydrogens (tertiary/aromatic N) is 1. The van der Waals surface area contributed by atoms with Gasteiger partial charge in [0.1, 0.15) is 5.75 Å². The predicted molar refractivity (Wildman–Crippen MR) is 92.9 cm³/mol. The molecule has 0 saturated heterocycles. The Labute approximate surface area is 145 Å². The fraction of sp³-hybridized carbons (Fsp3) is 0.211. The van der Waals surface area contributed by atoms with E-state index in [0.717, 1.165) is 22.3 Å². The van der Waals surface area contributed by atoms with Crippen molar-refractivity contribution in [3.8, 4) is 16.9 Å². The van der Waals surface area contributed by atoms with E-state index >= 15 is 0 Å². The zero-order valence-electron chi connectivity index (χ0n) is 14.3. The number of carbonyl (C=O) groups excluding carboxylic acids is 2. The van der Waals surface area contributed by atoms with E-state index in [1.165, 1.54) is 6.92 Å². The van der Waals surface area contributed by atoms with Crippen molar-refractivity contribution in [2.24, 2.45) is 0 Å². The highest BCUT2D eigenvalue weighted by atomic mass is 16.5. The molecule has 1 aliphatic heterocycles. The van der Waals surface area contributed by atoms with Gasteiger partial charge in [-0.2, -0.15) is 0 Å². The number of carbonyl (C=O) groups is 3. The quantitative estimate of drug-likeness (QED) is 0.685. The van der Waals surface area contributed by atoms with E-state index < -0.39 is 0 Å². The molecule has 0 aromatic heterocycles. The molecule has 0 radical (unpaired) electrons. The number of benzene rings is 2. The lowest BCUT2D eigenvalue weighted by molar-refractivity contribution is -0.122. The number of fused-ring (bicyclic) bond motifs is 1. The summed E-state index contributed by atoms with van der Waals surface area (Å²) in [4.78, 5) is 33.7. The molecule has 0 saturated carbocycles. The number of hydrogen-bond donors (Lipinski definition) is 1. The van der Waals surface area contributed by atoms with E-state index in [0.29, 0.717) is 17.9 Å². The van der Waals surface area contributed by atoms with Gasteiger partial charge >= 0.3 is 0 Å². The zero-order chi connectivity index (χ0) is 18.6. The fourth-order valence-corrected chi connectivity index (χ4v) is 2.81. The first-order chi connectivity index (χ1) is 11.9. The van der Waals surface area contributed by atoms with Crippen molar-refractivity contribution in [1.82, 2.24) is 4.90 Å². The SMILES string of the molecule is COc1ccc(-c2ccc3c(c2)CN(C)C3=O)cc1C(C)=O.O=CO. The molecule has 3 rings (SSSR count). The van der Waals surface area contributed by atoms with Crippen molar-refractivity contribution >= 4 is 18.2 Å². The number of ether oxygens (including phenoxy) is 1. The number of hydrogen-bond acceptors (Lipinski definition) is 4. The van der Waals surface area contributed by atoms with Gasteiger partial charge in [-0.3, -0.25) is 14.4 Å². The Morgan fingerprint density at radius 3 is 2.40 bits per heavy atom. The van der Waals surface area contributed by atoms with E-state index in [-0.39, 0.29) is 18.2 Å². The van der Waals surface area contributed by atoms with Gasteiger partial charge in [-0.05, 0) is 47.9 Å². The number of Topliss-reactive ketones (excluding diaryl/α,β-unsaturated/α-hetero) is 1. The van der Waals surface area contributed by atoms with Crippen LogP contribution in [0, 0.1) is 0 Å². The van der Waals surface area contributed by atoms with Crippen molar-refractivity contribution in [2.45, 2.75) is 13.5 Å². The lowest BCUT2D eigenvalue weighted by atomic mass is 9.97. The van der Waals surface area contributed by atoms with E-state index in [2.05, 4.69) is 0 Å². The second-order valence-electron chi connectivity index (χ2n) is 5.61. The maximum Gasteiger partial charge on any atom is 0.290 e. The first kappa shape index (κ1) is 18.2. The Morgan fingerprint density at radius 2 is 1.80 bits per heavy atom. The first-order valence-electron chi connectivity index (χ1n) is 7.58. The van der Waals surface area contributed by atoms with Gasteiger partial charge in [0.15, 0.2) is 5.78 Å². The van der Waals surface area contributed by atoms with E-state index in [9.17, 15) is 9.59 Å². The summed E-state index contributed by atoms with van der Waals surface area (Å²) in [6.07, 6.45) is 0. The molecule has 6 nitrogen and oxygen atoms in total. The van der Waals surface area contributed by atoms with Crippen LogP contribution in [0.4, 0.5) is 0 Å². The van der Waals surface area contributed by atoms with Crippen LogP contribution in [-0.2, 0) is 11.3 Å². The molecule has 0 unspecified atom stereocenters. The van der Waals surface area contributed by atoms with Gasteiger partial charge in [-0.15, -0.1) is 0 Å². The van der Waals surface area contributed by atoms with Gasteiger partial charge in [-0.1, -0.05) is 12.1 Å². The molecule has 0 spiro atoms. The summed E-state index contributed by atoms with van der Waals surface area (Å²) < 4.78 is 5.23. The van der Waals surface area contributed by atoms with E-state index in [4.69, 9.17) is 14.6 Å². The third-order valence-electron chi connectivity index (χ3n) is 4.00. The molecule has 1 heterocycles. The van der Waals surface area contributed by atoms with Gasteiger partial charge in [0, 0.05) is 19.2 Å². The van der Waals surface area contributed by atoms with Crippen LogP contribution in [-0.4, -0.2) is 42.3 Å². The number of ketones is 1. The van der Waals surface area contributed by atoms with E-state index in [1.807, 2.05) is 30.3 Å². The van der Waals surface area contributed by atoms with Gasteiger partial charge < -0.3 is 14.7 Å². The van der Waals surface area contributed by atoms with Crippen LogP contribution in [0.5, 0.6) is 5.75 Å². The van der Waals surface area contributed by atoms with Gasteiger partial charge in [0.2, 0.25) is 0 Å². The Kier molecular flexibility index (Phi) is 5.54. The summed E-state index contributed by atoms with van der Waals surface area (Å²) >= 11 is 0. The molecule has 0 fully saturated rings. The number of rotatable bonds is 3. The Balaban J connectivity index is 0.000000701. The molecular weight excluding hydrogens is 322 g/mol. The van der Waals surface area contributed by atoms with Crippen LogP contribution in [0.15, 0.2) is 36.4 Å². The van der Waals surface area contributed by atoms with Crippen molar-refractivity contribution in [2.75, 3.05) is 14.2 Å². The molecule has 2 aromatic rings. The van der Waals surface area contributed by atoms with Gasteiger partial charge in [-0.25, -0.2) is 0 Å². The molecule has 0 atom stereocenters. The number of amides is 1. The van der Waals surface area contributed by atoms with Crippen LogP contribution in [0.2, 0.25) is 0 Å². The number of carboxylic acid groups (broad SMARTS) is 1. The Hall–Kier alpha value is -3.15. The van der Waals surface area contributed by atoms with Gasteiger partial charge in [0.05, 0.1) is 12.7 Å². The maximum absolute atomic E-state index is 11.9. The highest BCUT2D eigenvalue weighted by Crippen LogP contribution is 2.30. The monoisotopic (exact) mass is 341 g/mol. The summed E-state index contributed by atoms with van der Waals surface area (Å²) in [5.74, 6) is 0.600. The first-order valence-corrected chi connectivity index (χ1v) is 7.58. The summed E-state index contributed by atoms with van der Waals surface area (Å²) in [6.45, 7) is 1.90. The second-order valence-corrected chi connectivity index (χ2v) is 5.61. The maximum atomic E-state index is 11.9. The van der Waals surface area contributed by atoms with Crippen LogP contribution in [0.3, 0.4) is 0 Å². The lowest BCUT2D eigenvalue weighted by Crippen LogP contribution is -2.17. The zero-order valence-corrected chi connectivity index (χ0v) is 14.3. The topological polar surface area (TPSA) is 83.9 Å². The average molecular weight is 341 g/mol. The molecule has 130 valence electrons. The molecular formula is C19H19NO5. The minimum atomic E-state index is -0.250. The predicted octanol–water partition coefficient (Wildman–Crippen LogP) is 2.85. The molecule has 0 bridgehead atoms. The van der Waals surface area contributed by atoms with Crippen LogP contribution >= 0.6 is 0 Å². The van der Waals surface area contributed by atoms with Gasteiger partial charge in [0.25, 0.3) is 12.4 Å². The third-order valence-corrected chi connectivity index (χ3v) is 4.00. The molecule has 1 amide bonds. The van der Waals surface area contributed by atoms with Crippen molar-refractivity contribution < 1.29 is 24.2 Å². The fourth-order valence-electron chi connectivity index (χ4n) is 2.81. The average Bonchev–Trinajstić information content (AvgIpc) is 2.88. The summed E-state index contributed by atoms with van der Waals surface area (Å²) in [6, 6.07) is 11.4. The minimum Gasteiger partial charge on any atom is -0.496 e. The van der Waals surface area contributed by atoms with Crippen molar-refractivity contribution in [1.29, 1.82) is 0 Å². The van der Waals surface area contributed by atoms with Crippen molar-refractivity contribution in [3.05, 3.63) is 53.1 Å². The lowest BCUT2D eigenvalue weighted by Gasteiger charge is -2.09. The highest BCUT2D eigenvalue weighted by molar-refractivity contribution is 6.00. The van der Waals surface area contributed by atoms with E-state index in [1.54, 1.807) is 25.1 Å². The smallest absolute Gasteiger partial charge is 0.290 e. The summed E-state index contributed by atoms with van der Waals surface area (Å²) in [5.41, 5.74) is 4.27. The molecule has 1 N–H and O–H groups in total. The largest absolute Gasteiger partial charge is 0.496 e. The van der Waals surface area contributed by atoms with Crippen molar-refractivity contribution in [3.63, 3.8) is 0 Å². The number of methoxy groups -OCH3 is 1.